The second-order valence-corrected chi connectivity index (χ2v) is 5.59. The minimum atomic E-state index is -4.51. The molecule has 1 saturated heterocycles. The highest BCUT2D eigenvalue weighted by atomic mass is 19.4. The van der Waals surface area contributed by atoms with E-state index in [9.17, 15) is 18.0 Å². The van der Waals surface area contributed by atoms with Crippen LogP contribution in [-0.2, 0) is 17.5 Å². The molecule has 0 aromatic carbocycles. The van der Waals surface area contributed by atoms with Crippen LogP contribution in [0.15, 0.2) is 28.9 Å². The Kier molecular flexibility index (Phi) is 3.91. The Morgan fingerprint density at radius 2 is 2.26 bits per heavy atom. The molecular formula is C15H16F3N3O2. The number of amides is 1. The first kappa shape index (κ1) is 15.6. The van der Waals surface area contributed by atoms with E-state index in [0.717, 1.165) is 23.6 Å². The minimum absolute atomic E-state index is 0.157. The molecule has 124 valence electrons. The van der Waals surface area contributed by atoms with E-state index in [-0.39, 0.29) is 18.5 Å². The van der Waals surface area contributed by atoms with Crippen LogP contribution in [0.2, 0.25) is 0 Å². The Morgan fingerprint density at radius 1 is 1.48 bits per heavy atom. The van der Waals surface area contributed by atoms with E-state index < -0.39 is 11.9 Å². The fourth-order valence-corrected chi connectivity index (χ4v) is 2.87. The molecule has 3 heterocycles. The SMILES string of the molecule is Cc1cc(C(F)(F)F)nn1CC(=O)N1CCCC1c1ccco1. The number of aromatic nitrogens is 2. The lowest BCUT2D eigenvalue weighted by Crippen LogP contribution is -2.33. The van der Waals surface area contributed by atoms with Gasteiger partial charge in [-0.1, -0.05) is 0 Å². The molecule has 1 unspecified atom stereocenters. The molecule has 0 spiro atoms. The molecule has 1 aliphatic heterocycles. The van der Waals surface area contributed by atoms with Gasteiger partial charge >= 0.3 is 6.18 Å². The molecular weight excluding hydrogens is 311 g/mol. The molecule has 2 aromatic heterocycles. The first-order valence-corrected chi connectivity index (χ1v) is 7.31. The van der Waals surface area contributed by atoms with Crippen molar-refractivity contribution < 1.29 is 22.4 Å². The summed E-state index contributed by atoms with van der Waals surface area (Å²) in [5.41, 5.74) is -0.675. The molecule has 0 radical (unpaired) electrons. The third kappa shape index (κ3) is 3.11. The molecule has 1 fully saturated rings. The molecule has 3 rings (SSSR count). The smallest absolute Gasteiger partial charge is 0.435 e. The minimum Gasteiger partial charge on any atom is -0.467 e. The van der Waals surface area contributed by atoms with Crippen molar-refractivity contribution in [2.45, 2.75) is 38.5 Å². The maximum Gasteiger partial charge on any atom is 0.435 e. The lowest BCUT2D eigenvalue weighted by molar-refractivity contribution is -0.142. The highest BCUT2D eigenvalue weighted by Gasteiger charge is 2.36. The monoisotopic (exact) mass is 327 g/mol. The highest BCUT2D eigenvalue weighted by Crippen LogP contribution is 2.33. The number of hydrogen-bond acceptors (Lipinski definition) is 3. The summed E-state index contributed by atoms with van der Waals surface area (Å²) >= 11 is 0. The molecule has 1 aliphatic rings. The standard InChI is InChI=1S/C15H16F3N3O2/c1-10-8-13(15(16,17)18)19-21(10)9-14(22)20-6-2-4-11(20)12-5-3-7-23-12/h3,5,7-8,11H,2,4,6,9H2,1H3. The summed E-state index contributed by atoms with van der Waals surface area (Å²) in [5, 5.41) is 3.50. The third-order valence-electron chi connectivity index (χ3n) is 4.00. The summed E-state index contributed by atoms with van der Waals surface area (Å²) < 4.78 is 44.5. The van der Waals surface area contributed by atoms with Crippen LogP contribution >= 0.6 is 0 Å². The van der Waals surface area contributed by atoms with Crippen LogP contribution in [0.3, 0.4) is 0 Å². The number of nitrogens with zero attached hydrogens (tertiary/aromatic N) is 3. The van der Waals surface area contributed by atoms with Crippen molar-refractivity contribution >= 4 is 5.91 Å². The van der Waals surface area contributed by atoms with E-state index in [1.165, 1.54) is 6.92 Å². The van der Waals surface area contributed by atoms with Gasteiger partial charge in [0.2, 0.25) is 5.91 Å². The lowest BCUT2D eigenvalue weighted by atomic mass is 10.1. The van der Waals surface area contributed by atoms with Gasteiger partial charge in [-0.15, -0.1) is 0 Å². The molecule has 2 aromatic rings. The van der Waals surface area contributed by atoms with Gasteiger partial charge in [0.1, 0.15) is 12.3 Å². The first-order chi connectivity index (χ1) is 10.9. The van der Waals surface area contributed by atoms with Gasteiger partial charge in [-0.25, -0.2) is 0 Å². The van der Waals surface area contributed by atoms with Crippen molar-refractivity contribution in [1.29, 1.82) is 0 Å². The van der Waals surface area contributed by atoms with Crippen LogP contribution in [0, 0.1) is 6.92 Å². The number of carbonyl (C=O) groups is 1. The maximum absolute atomic E-state index is 12.7. The van der Waals surface area contributed by atoms with Gasteiger partial charge in [-0.05, 0) is 38.0 Å². The molecule has 1 amide bonds. The largest absolute Gasteiger partial charge is 0.467 e. The molecule has 0 N–H and O–H groups in total. The summed E-state index contributed by atoms with van der Waals surface area (Å²) in [6.45, 7) is 1.86. The van der Waals surface area contributed by atoms with Crippen molar-refractivity contribution in [1.82, 2.24) is 14.7 Å². The number of alkyl halides is 3. The van der Waals surface area contributed by atoms with Crippen LogP contribution in [0.1, 0.15) is 36.0 Å². The van der Waals surface area contributed by atoms with Gasteiger partial charge in [-0.3, -0.25) is 9.48 Å². The van der Waals surface area contributed by atoms with Crippen LogP contribution in [0.4, 0.5) is 13.2 Å². The van der Waals surface area contributed by atoms with Crippen molar-refractivity contribution in [3.05, 3.63) is 41.6 Å². The molecule has 0 aliphatic carbocycles. The number of aryl methyl sites for hydroxylation is 1. The predicted octanol–water partition coefficient (Wildman–Crippen LogP) is 3.17. The van der Waals surface area contributed by atoms with Gasteiger partial charge in [0.15, 0.2) is 5.69 Å². The van der Waals surface area contributed by atoms with Crippen molar-refractivity contribution in [2.24, 2.45) is 0 Å². The fraction of sp³-hybridized carbons (Fsp3) is 0.467. The van der Waals surface area contributed by atoms with Gasteiger partial charge in [-0.2, -0.15) is 18.3 Å². The van der Waals surface area contributed by atoms with Crippen LogP contribution in [-0.4, -0.2) is 27.1 Å². The summed E-state index contributed by atoms with van der Waals surface area (Å²) in [6, 6.07) is 4.35. The lowest BCUT2D eigenvalue weighted by Gasteiger charge is -2.23. The molecule has 23 heavy (non-hydrogen) atoms. The maximum atomic E-state index is 12.7. The zero-order valence-electron chi connectivity index (χ0n) is 12.5. The van der Waals surface area contributed by atoms with Crippen molar-refractivity contribution in [3.63, 3.8) is 0 Å². The summed E-state index contributed by atoms with van der Waals surface area (Å²) in [4.78, 5) is 14.1. The van der Waals surface area contributed by atoms with E-state index >= 15 is 0 Å². The zero-order valence-corrected chi connectivity index (χ0v) is 12.5. The topological polar surface area (TPSA) is 51.3 Å². The summed E-state index contributed by atoms with van der Waals surface area (Å²) in [6.07, 6.45) is -1.35. The fourth-order valence-electron chi connectivity index (χ4n) is 2.87. The van der Waals surface area contributed by atoms with Gasteiger partial charge in [0, 0.05) is 12.2 Å². The third-order valence-corrected chi connectivity index (χ3v) is 4.00. The molecule has 5 nitrogen and oxygen atoms in total. The van der Waals surface area contributed by atoms with Crippen LogP contribution in [0.5, 0.6) is 0 Å². The van der Waals surface area contributed by atoms with Gasteiger partial charge in [0.25, 0.3) is 0 Å². The second kappa shape index (κ2) is 5.75. The van der Waals surface area contributed by atoms with Crippen LogP contribution in [0.25, 0.3) is 0 Å². The Morgan fingerprint density at radius 3 is 2.87 bits per heavy atom. The Labute approximate surface area is 130 Å². The molecule has 0 bridgehead atoms. The molecule has 8 heteroatoms. The second-order valence-electron chi connectivity index (χ2n) is 5.59. The average molecular weight is 327 g/mol. The Balaban J connectivity index is 1.75. The Hall–Kier alpha value is -2.25. The van der Waals surface area contributed by atoms with Gasteiger partial charge in [0.05, 0.1) is 12.3 Å². The van der Waals surface area contributed by atoms with E-state index in [0.29, 0.717) is 18.0 Å². The van der Waals surface area contributed by atoms with Crippen molar-refractivity contribution in [2.75, 3.05) is 6.54 Å². The first-order valence-electron chi connectivity index (χ1n) is 7.31. The average Bonchev–Trinajstić information content (AvgIpc) is 3.17. The van der Waals surface area contributed by atoms with Crippen LogP contribution < -0.4 is 0 Å². The number of halogens is 3. The van der Waals surface area contributed by atoms with E-state index in [4.69, 9.17) is 4.42 Å². The number of hydrogen-bond donors (Lipinski definition) is 0. The molecule has 0 saturated carbocycles. The quantitative estimate of drug-likeness (QED) is 0.870. The molecule has 1 atom stereocenters. The number of rotatable bonds is 3. The zero-order chi connectivity index (χ0) is 16.6. The van der Waals surface area contributed by atoms with Gasteiger partial charge < -0.3 is 9.32 Å². The van der Waals surface area contributed by atoms with Crippen molar-refractivity contribution in [3.8, 4) is 0 Å². The number of carbonyl (C=O) groups excluding carboxylic acids is 1. The Bertz CT molecular complexity index is 691. The predicted molar refractivity (Wildman–Crippen MR) is 74.4 cm³/mol. The van der Waals surface area contributed by atoms with E-state index in [2.05, 4.69) is 5.10 Å². The summed E-state index contributed by atoms with van der Waals surface area (Å²) in [5.74, 6) is 0.438. The summed E-state index contributed by atoms with van der Waals surface area (Å²) in [7, 11) is 0. The van der Waals surface area contributed by atoms with E-state index in [1.807, 2.05) is 0 Å². The number of furan rings is 1. The number of likely N-dealkylation sites (tertiary alicyclic amines) is 1. The van der Waals surface area contributed by atoms with E-state index in [1.54, 1.807) is 23.3 Å². The normalized spacial score (nSPS) is 18.6. The highest BCUT2D eigenvalue weighted by molar-refractivity contribution is 5.76.